The normalized spacial score (nSPS) is 18.6. The molecular formula is C15H18N2O3. The first-order valence-electron chi connectivity index (χ1n) is 6.62. The maximum absolute atomic E-state index is 11.8. The number of hydrogen-bond donors (Lipinski definition) is 1. The van der Waals surface area contributed by atoms with Crippen molar-refractivity contribution in [1.82, 2.24) is 10.2 Å². The second-order valence-electron chi connectivity index (χ2n) is 5.12. The lowest BCUT2D eigenvalue weighted by atomic mass is 10.00. The number of benzene rings is 1. The summed E-state index contributed by atoms with van der Waals surface area (Å²) in [5, 5.41) is 2.28. The van der Waals surface area contributed by atoms with Gasteiger partial charge >= 0.3 is 0 Å². The lowest BCUT2D eigenvalue weighted by Gasteiger charge is -2.30. The van der Waals surface area contributed by atoms with Gasteiger partial charge in [-0.15, -0.1) is 0 Å². The van der Waals surface area contributed by atoms with Crippen molar-refractivity contribution in [2.24, 2.45) is 0 Å². The third-order valence-electron chi connectivity index (χ3n) is 3.73. The van der Waals surface area contributed by atoms with Crippen molar-refractivity contribution in [3.05, 3.63) is 34.9 Å². The Kier molecular flexibility index (Phi) is 4.17. The molecule has 1 unspecified atom stereocenters. The molecule has 1 aromatic rings. The van der Waals surface area contributed by atoms with E-state index in [1.807, 2.05) is 32.0 Å². The van der Waals surface area contributed by atoms with Gasteiger partial charge in [-0.1, -0.05) is 18.2 Å². The quantitative estimate of drug-likeness (QED) is 0.659. The van der Waals surface area contributed by atoms with E-state index in [1.54, 1.807) is 0 Å². The highest BCUT2D eigenvalue weighted by Gasteiger charge is 2.31. The van der Waals surface area contributed by atoms with Gasteiger partial charge < -0.3 is 4.90 Å². The Labute approximate surface area is 118 Å². The van der Waals surface area contributed by atoms with E-state index in [2.05, 4.69) is 5.32 Å². The lowest BCUT2D eigenvalue weighted by Crippen LogP contribution is -2.51. The van der Waals surface area contributed by atoms with Gasteiger partial charge in [0.2, 0.25) is 18.2 Å². The van der Waals surface area contributed by atoms with E-state index in [0.29, 0.717) is 19.4 Å². The summed E-state index contributed by atoms with van der Waals surface area (Å²) in [5.74, 6) is -0.663. The van der Waals surface area contributed by atoms with Gasteiger partial charge in [0.1, 0.15) is 6.04 Å². The molecule has 0 bridgehead atoms. The highest BCUT2D eigenvalue weighted by Crippen LogP contribution is 2.19. The van der Waals surface area contributed by atoms with Crippen molar-refractivity contribution < 1.29 is 14.4 Å². The van der Waals surface area contributed by atoms with Crippen LogP contribution in [-0.4, -0.2) is 29.2 Å². The Hall–Kier alpha value is -2.17. The van der Waals surface area contributed by atoms with Crippen molar-refractivity contribution in [1.29, 1.82) is 0 Å². The van der Waals surface area contributed by atoms with Crippen LogP contribution in [0.15, 0.2) is 18.2 Å². The number of imide groups is 1. The fourth-order valence-corrected chi connectivity index (χ4v) is 2.50. The second-order valence-corrected chi connectivity index (χ2v) is 5.12. The molecule has 1 heterocycles. The molecule has 1 N–H and O–H groups in total. The number of hydrogen-bond acceptors (Lipinski definition) is 3. The van der Waals surface area contributed by atoms with E-state index in [0.717, 1.165) is 16.7 Å². The fraction of sp³-hybridized carbons (Fsp3) is 0.400. The van der Waals surface area contributed by atoms with Gasteiger partial charge in [-0.25, -0.2) is 0 Å². The third-order valence-corrected chi connectivity index (χ3v) is 3.73. The zero-order valence-corrected chi connectivity index (χ0v) is 11.7. The molecule has 1 aliphatic heterocycles. The number of amides is 3. The van der Waals surface area contributed by atoms with Crippen LogP contribution in [0.5, 0.6) is 0 Å². The lowest BCUT2D eigenvalue weighted by molar-refractivity contribution is -0.141. The molecule has 5 heteroatoms. The number of carbonyl (C=O) groups excluding carboxylic acids is 3. The van der Waals surface area contributed by atoms with Crippen LogP contribution >= 0.6 is 0 Å². The van der Waals surface area contributed by atoms with E-state index in [9.17, 15) is 14.4 Å². The molecule has 0 radical (unpaired) electrons. The van der Waals surface area contributed by atoms with Crippen LogP contribution in [-0.2, 0) is 20.9 Å². The molecule has 20 heavy (non-hydrogen) atoms. The smallest absolute Gasteiger partial charge is 0.249 e. The van der Waals surface area contributed by atoms with E-state index in [-0.39, 0.29) is 18.2 Å². The molecule has 1 aliphatic rings. The minimum Gasteiger partial charge on any atom is -0.329 e. The van der Waals surface area contributed by atoms with Crippen LogP contribution in [0.1, 0.15) is 29.5 Å². The van der Waals surface area contributed by atoms with Crippen LogP contribution in [0.2, 0.25) is 0 Å². The van der Waals surface area contributed by atoms with Gasteiger partial charge in [-0.3, -0.25) is 19.7 Å². The van der Waals surface area contributed by atoms with Crippen molar-refractivity contribution in [3.63, 3.8) is 0 Å². The van der Waals surface area contributed by atoms with Gasteiger partial charge in [0.05, 0.1) is 0 Å². The van der Waals surface area contributed by atoms with E-state index in [1.165, 1.54) is 4.90 Å². The highest BCUT2D eigenvalue weighted by molar-refractivity contribution is 6.00. The minimum absolute atomic E-state index is 0.271. The van der Waals surface area contributed by atoms with Crippen LogP contribution in [0, 0.1) is 13.8 Å². The zero-order valence-electron chi connectivity index (χ0n) is 11.7. The number of carbonyl (C=O) groups is 3. The molecule has 1 saturated heterocycles. The molecule has 2 rings (SSSR count). The van der Waals surface area contributed by atoms with Gasteiger partial charge in [0.25, 0.3) is 0 Å². The molecule has 106 valence electrons. The average Bonchev–Trinajstić information content (AvgIpc) is 2.40. The van der Waals surface area contributed by atoms with Gasteiger partial charge in [0, 0.05) is 13.0 Å². The molecule has 0 saturated carbocycles. The monoisotopic (exact) mass is 274 g/mol. The molecule has 0 aliphatic carbocycles. The second kappa shape index (κ2) is 5.86. The average molecular weight is 274 g/mol. The molecule has 1 fully saturated rings. The number of nitrogens with zero attached hydrogens (tertiary/aromatic N) is 1. The highest BCUT2D eigenvalue weighted by atomic mass is 16.2. The minimum atomic E-state index is -0.566. The Morgan fingerprint density at radius 3 is 2.50 bits per heavy atom. The van der Waals surface area contributed by atoms with Crippen molar-refractivity contribution in [3.8, 4) is 0 Å². The molecule has 0 spiro atoms. The first-order chi connectivity index (χ1) is 9.52. The van der Waals surface area contributed by atoms with Crippen LogP contribution < -0.4 is 5.32 Å². The largest absolute Gasteiger partial charge is 0.329 e. The summed E-state index contributed by atoms with van der Waals surface area (Å²) in [5.41, 5.74) is 3.22. The van der Waals surface area contributed by atoms with Crippen LogP contribution in [0.25, 0.3) is 0 Å². The van der Waals surface area contributed by atoms with E-state index >= 15 is 0 Å². The maximum atomic E-state index is 11.8. The summed E-state index contributed by atoms with van der Waals surface area (Å²) >= 11 is 0. The SMILES string of the molecule is Cc1cccc(C)c1CN(C=O)C1CCC(=O)NC1=O. The predicted molar refractivity (Wildman–Crippen MR) is 73.7 cm³/mol. The summed E-state index contributed by atoms with van der Waals surface area (Å²) in [7, 11) is 0. The van der Waals surface area contributed by atoms with Crippen molar-refractivity contribution in [2.45, 2.75) is 39.3 Å². The maximum Gasteiger partial charge on any atom is 0.249 e. The fourth-order valence-electron chi connectivity index (χ4n) is 2.50. The first kappa shape index (κ1) is 14.2. The molecule has 1 atom stereocenters. The predicted octanol–water partition coefficient (Wildman–Crippen LogP) is 1.07. The zero-order chi connectivity index (χ0) is 14.7. The molecule has 0 aromatic heterocycles. The van der Waals surface area contributed by atoms with Crippen molar-refractivity contribution in [2.75, 3.05) is 0 Å². The first-order valence-corrected chi connectivity index (χ1v) is 6.62. The number of aryl methyl sites for hydroxylation is 2. The summed E-state index contributed by atoms with van der Waals surface area (Å²) in [6, 6.07) is 5.36. The Morgan fingerprint density at radius 1 is 1.30 bits per heavy atom. The van der Waals surface area contributed by atoms with Crippen LogP contribution in [0.3, 0.4) is 0 Å². The number of nitrogens with one attached hydrogen (secondary N) is 1. The standard InChI is InChI=1S/C15H18N2O3/c1-10-4-3-5-11(2)12(10)8-17(9-18)13-6-7-14(19)16-15(13)20/h3-5,9,13H,6-8H2,1-2H3,(H,16,19,20). The molecule has 5 nitrogen and oxygen atoms in total. The number of rotatable bonds is 4. The Balaban J connectivity index is 2.19. The van der Waals surface area contributed by atoms with Gasteiger partial charge in [0.15, 0.2) is 0 Å². The Bertz CT molecular complexity index is 534. The molecule has 3 amide bonds. The summed E-state index contributed by atoms with van der Waals surface area (Å²) in [6.07, 6.45) is 1.34. The van der Waals surface area contributed by atoms with Gasteiger partial charge in [-0.05, 0) is 37.0 Å². The summed E-state index contributed by atoms with van der Waals surface area (Å²) in [4.78, 5) is 35.8. The Morgan fingerprint density at radius 2 is 1.95 bits per heavy atom. The molecule has 1 aromatic carbocycles. The third kappa shape index (κ3) is 2.87. The molecular weight excluding hydrogens is 256 g/mol. The topological polar surface area (TPSA) is 66.5 Å². The summed E-state index contributed by atoms with van der Waals surface area (Å²) < 4.78 is 0. The van der Waals surface area contributed by atoms with Gasteiger partial charge in [-0.2, -0.15) is 0 Å². The number of piperidine rings is 1. The summed E-state index contributed by atoms with van der Waals surface area (Å²) in [6.45, 7) is 4.35. The van der Waals surface area contributed by atoms with E-state index in [4.69, 9.17) is 0 Å². The van der Waals surface area contributed by atoms with E-state index < -0.39 is 6.04 Å². The van der Waals surface area contributed by atoms with Crippen molar-refractivity contribution >= 4 is 18.2 Å². The van der Waals surface area contributed by atoms with Crippen LogP contribution in [0.4, 0.5) is 0 Å².